The van der Waals surface area contributed by atoms with Gasteiger partial charge in [0, 0.05) is 38.1 Å². The van der Waals surface area contributed by atoms with E-state index < -0.39 is 6.10 Å². The van der Waals surface area contributed by atoms with Crippen molar-refractivity contribution in [2.75, 3.05) is 20.2 Å². The number of hydrogen-bond donors (Lipinski definition) is 0. The van der Waals surface area contributed by atoms with Crippen molar-refractivity contribution in [3.8, 4) is 5.75 Å². The predicted molar refractivity (Wildman–Crippen MR) is 99.1 cm³/mol. The van der Waals surface area contributed by atoms with E-state index in [1.165, 1.54) is 0 Å². The van der Waals surface area contributed by atoms with E-state index in [1.54, 1.807) is 7.11 Å². The number of ether oxygens (including phenoxy) is 2. The second-order valence-corrected chi connectivity index (χ2v) is 6.75. The number of amides is 1. The number of methoxy groups -OCH3 is 1. The number of hydrogen-bond acceptors (Lipinski definition) is 4. The summed E-state index contributed by atoms with van der Waals surface area (Å²) >= 11 is 0. The number of benzene rings is 1. The maximum atomic E-state index is 12.7. The van der Waals surface area contributed by atoms with Gasteiger partial charge in [0.1, 0.15) is 18.2 Å². The molecule has 2 heterocycles. The molecule has 26 heavy (non-hydrogen) atoms. The number of carbonyl (C=O) groups is 1. The lowest BCUT2D eigenvalue weighted by Gasteiger charge is -2.35. The fourth-order valence-corrected chi connectivity index (χ4v) is 3.59. The molecule has 0 bridgehead atoms. The Hall–Kier alpha value is -2.34. The summed E-state index contributed by atoms with van der Waals surface area (Å²) < 4.78 is 13.3. The SMILES string of the molecule is COCc1ncc(C)n1C1CCN(C(=O)C(C)Oc2ccccc2)CC1. The molecule has 1 atom stereocenters. The molecule has 2 aromatic rings. The van der Waals surface area contributed by atoms with Crippen LogP contribution >= 0.6 is 0 Å². The van der Waals surface area contributed by atoms with E-state index in [2.05, 4.69) is 16.5 Å². The smallest absolute Gasteiger partial charge is 0.263 e. The summed E-state index contributed by atoms with van der Waals surface area (Å²) in [6, 6.07) is 9.84. The zero-order chi connectivity index (χ0) is 18.5. The second kappa shape index (κ2) is 8.36. The molecule has 1 saturated heterocycles. The molecule has 0 saturated carbocycles. The number of nitrogens with zero attached hydrogens (tertiary/aromatic N) is 3. The third-order valence-corrected chi connectivity index (χ3v) is 4.88. The van der Waals surface area contributed by atoms with Crippen LogP contribution in [0.4, 0.5) is 0 Å². The minimum atomic E-state index is -0.479. The van der Waals surface area contributed by atoms with Crippen LogP contribution in [0.5, 0.6) is 5.75 Å². The minimum absolute atomic E-state index is 0.0479. The molecule has 1 aliphatic rings. The maximum absolute atomic E-state index is 12.7. The molecule has 0 N–H and O–H groups in total. The van der Waals surface area contributed by atoms with Gasteiger partial charge in [0.2, 0.25) is 0 Å². The number of carbonyl (C=O) groups excluding carboxylic acids is 1. The van der Waals surface area contributed by atoms with Gasteiger partial charge in [0.05, 0.1) is 0 Å². The number of aryl methyl sites for hydroxylation is 1. The molecule has 0 radical (unpaired) electrons. The van der Waals surface area contributed by atoms with Gasteiger partial charge in [0.25, 0.3) is 5.91 Å². The van der Waals surface area contributed by atoms with Crippen molar-refractivity contribution in [3.05, 3.63) is 48.0 Å². The quantitative estimate of drug-likeness (QED) is 0.798. The number of imidazole rings is 1. The zero-order valence-corrected chi connectivity index (χ0v) is 15.7. The standard InChI is InChI=1S/C20H27N3O3/c1-15-13-21-19(14-25-3)23(15)17-9-11-22(12-10-17)20(24)16(2)26-18-7-5-4-6-8-18/h4-8,13,16-17H,9-12,14H2,1-3H3. The van der Waals surface area contributed by atoms with Crippen molar-refractivity contribution in [1.29, 1.82) is 0 Å². The van der Waals surface area contributed by atoms with Gasteiger partial charge in [-0.15, -0.1) is 0 Å². The third-order valence-electron chi connectivity index (χ3n) is 4.88. The van der Waals surface area contributed by atoms with Gasteiger partial charge in [-0.25, -0.2) is 4.98 Å². The molecule has 1 aromatic heterocycles. The largest absolute Gasteiger partial charge is 0.481 e. The summed E-state index contributed by atoms with van der Waals surface area (Å²) in [6.45, 7) is 5.86. The van der Waals surface area contributed by atoms with Crippen LogP contribution in [0.1, 0.15) is 37.3 Å². The van der Waals surface area contributed by atoms with Crippen molar-refractivity contribution < 1.29 is 14.3 Å². The van der Waals surface area contributed by atoms with Crippen LogP contribution < -0.4 is 4.74 Å². The normalized spacial score (nSPS) is 16.5. The van der Waals surface area contributed by atoms with Crippen molar-refractivity contribution in [1.82, 2.24) is 14.5 Å². The van der Waals surface area contributed by atoms with Crippen LogP contribution in [-0.2, 0) is 16.1 Å². The highest BCUT2D eigenvalue weighted by molar-refractivity contribution is 5.81. The Morgan fingerprint density at radius 3 is 2.62 bits per heavy atom. The van der Waals surface area contributed by atoms with E-state index >= 15 is 0 Å². The first-order chi connectivity index (χ1) is 12.6. The lowest BCUT2D eigenvalue weighted by Crippen LogP contribution is -2.45. The molecule has 140 valence electrons. The summed E-state index contributed by atoms with van der Waals surface area (Å²) in [4.78, 5) is 19.1. The number of rotatable bonds is 6. The number of likely N-dealkylation sites (tertiary alicyclic amines) is 1. The Morgan fingerprint density at radius 1 is 1.27 bits per heavy atom. The van der Waals surface area contributed by atoms with Crippen LogP contribution in [0.3, 0.4) is 0 Å². The second-order valence-electron chi connectivity index (χ2n) is 6.75. The highest BCUT2D eigenvalue weighted by atomic mass is 16.5. The van der Waals surface area contributed by atoms with Crippen LogP contribution in [-0.4, -0.2) is 46.7 Å². The highest BCUT2D eigenvalue weighted by Gasteiger charge is 2.29. The highest BCUT2D eigenvalue weighted by Crippen LogP contribution is 2.26. The predicted octanol–water partition coefficient (Wildman–Crippen LogP) is 2.97. The summed E-state index contributed by atoms with van der Waals surface area (Å²) in [6.07, 6.45) is 3.24. The topological polar surface area (TPSA) is 56.6 Å². The lowest BCUT2D eigenvalue weighted by molar-refractivity contribution is -0.139. The van der Waals surface area contributed by atoms with E-state index in [-0.39, 0.29) is 5.91 Å². The molecular formula is C20H27N3O3. The Balaban J connectivity index is 1.58. The molecule has 1 aliphatic heterocycles. The summed E-state index contributed by atoms with van der Waals surface area (Å²) in [5.74, 6) is 1.73. The molecule has 6 heteroatoms. The lowest BCUT2D eigenvalue weighted by atomic mass is 10.0. The van der Waals surface area contributed by atoms with Gasteiger partial charge >= 0.3 is 0 Å². The van der Waals surface area contributed by atoms with Crippen LogP contribution in [0, 0.1) is 6.92 Å². The van der Waals surface area contributed by atoms with Gasteiger partial charge in [-0.3, -0.25) is 4.79 Å². The molecule has 6 nitrogen and oxygen atoms in total. The third kappa shape index (κ3) is 4.07. The van der Waals surface area contributed by atoms with Crippen molar-refractivity contribution in [2.45, 2.75) is 45.4 Å². The van der Waals surface area contributed by atoms with E-state index in [9.17, 15) is 4.79 Å². The van der Waals surface area contributed by atoms with E-state index in [4.69, 9.17) is 9.47 Å². The number of aromatic nitrogens is 2. The van der Waals surface area contributed by atoms with Crippen molar-refractivity contribution in [3.63, 3.8) is 0 Å². The van der Waals surface area contributed by atoms with Crippen molar-refractivity contribution in [2.24, 2.45) is 0 Å². The average molecular weight is 357 g/mol. The van der Waals surface area contributed by atoms with Crippen LogP contribution in [0.2, 0.25) is 0 Å². The summed E-state index contributed by atoms with van der Waals surface area (Å²) in [7, 11) is 1.68. The monoisotopic (exact) mass is 357 g/mol. The summed E-state index contributed by atoms with van der Waals surface area (Å²) in [5.41, 5.74) is 1.14. The molecule has 1 fully saturated rings. The van der Waals surface area contributed by atoms with Crippen LogP contribution in [0.25, 0.3) is 0 Å². The fraction of sp³-hybridized carbons (Fsp3) is 0.500. The molecule has 3 rings (SSSR count). The Kier molecular flexibility index (Phi) is 5.93. The zero-order valence-electron chi connectivity index (χ0n) is 15.7. The Bertz CT molecular complexity index is 721. The van der Waals surface area contributed by atoms with E-state index in [0.29, 0.717) is 12.6 Å². The van der Waals surface area contributed by atoms with Crippen LogP contribution in [0.15, 0.2) is 36.5 Å². The van der Waals surface area contributed by atoms with E-state index in [1.807, 2.05) is 48.4 Å². The fourth-order valence-electron chi connectivity index (χ4n) is 3.59. The molecule has 0 spiro atoms. The molecule has 1 aromatic carbocycles. The molecule has 0 aliphatic carbocycles. The van der Waals surface area contributed by atoms with Gasteiger partial charge < -0.3 is 18.9 Å². The van der Waals surface area contributed by atoms with E-state index in [0.717, 1.165) is 43.2 Å². The van der Waals surface area contributed by atoms with Gasteiger partial charge in [0.15, 0.2) is 6.10 Å². The first kappa shape index (κ1) is 18.5. The molecule has 1 unspecified atom stereocenters. The van der Waals surface area contributed by atoms with Gasteiger partial charge in [-0.05, 0) is 38.8 Å². The Morgan fingerprint density at radius 2 is 1.96 bits per heavy atom. The summed E-state index contributed by atoms with van der Waals surface area (Å²) in [5, 5.41) is 0. The maximum Gasteiger partial charge on any atom is 0.263 e. The van der Waals surface area contributed by atoms with Crippen molar-refractivity contribution >= 4 is 5.91 Å². The minimum Gasteiger partial charge on any atom is -0.481 e. The van der Waals surface area contributed by atoms with Gasteiger partial charge in [-0.1, -0.05) is 18.2 Å². The first-order valence-electron chi connectivity index (χ1n) is 9.12. The average Bonchev–Trinajstić information content (AvgIpc) is 3.03. The molecule has 1 amide bonds. The van der Waals surface area contributed by atoms with Gasteiger partial charge in [-0.2, -0.15) is 0 Å². The Labute approximate surface area is 154 Å². The number of para-hydroxylation sites is 1. The first-order valence-corrected chi connectivity index (χ1v) is 9.12. The molecular weight excluding hydrogens is 330 g/mol. The number of piperidine rings is 1.